The number of nitrogens with one attached hydrogen (secondary N) is 1. The molecule has 2 aromatic rings. The maximum atomic E-state index is 11.0. The van der Waals surface area contributed by atoms with Crippen molar-refractivity contribution in [1.29, 1.82) is 0 Å². The standard InChI is InChI=1S/C13H13BrN2O2/c14-10-3-1-2-9(8-10)12-6-4-11(18-12)5-7-13(17)16-15/h1-4,6,8H,5,7,15H2,(H,16,17). The Morgan fingerprint density at radius 1 is 1.33 bits per heavy atom. The monoisotopic (exact) mass is 308 g/mol. The third kappa shape index (κ3) is 3.21. The van der Waals surface area contributed by atoms with Crippen LogP contribution in [0.25, 0.3) is 11.3 Å². The van der Waals surface area contributed by atoms with Gasteiger partial charge < -0.3 is 4.42 Å². The fourth-order valence-electron chi connectivity index (χ4n) is 1.62. The van der Waals surface area contributed by atoms with E-state index in [4.69, 9.17) is 10.3 Å². The molecule has 1 amide bonds. The lowest BCUT2D eigenvalue weighted by molar-refractivity contribution is -0.121. The van der Waals surface area contributed by atoms with Gasteiger partial charge in [-0.1, -0.05) is 28.1 Å². The summed E-state index contributed by atoms with van der Waals surface area (Å²) in [6.45, 7) is 0. The van der Waals surface area contributed by atoms with Crippen LogP contribution in [0.5, 0.6) is 0 Å². The first-order valence-electron chi connectivity index (χ1n) is 5.53. The van der Waals surface area contributed by atoms with Crippen molar-refractivity contribution in [2.75, 3.05) is 0 Å². The molecule has 2 rings (SSSR count). The number of rotatable bonds is 4. The Balaban J connectivity index is 2.08. The quantitative estimate of drug-likeness (QED) is 0.518. The van der Waals surface area contributed by atoms with Gasteiger partial charge in [-0.3, -0.25) is 10.2 Å². The molecule has 1 aromatic carbocycles. The average molecular weight is 309 g/mol. The second kappa shape index (κ2) is 5.84. The van der Waals surface area contributed by atoms with Crippen molar-refractivity contribution < 1.29 is 9.21 Å². The van der Waals surface area contributed by atoms with E-state index in [1.54, 1.807) is 0 Å². The van der Waals surface area contributed by atoms with Crippen LogP contribution in [0.1, 0.15) is 12.2 Å². The zero-order valence-corrected chi connectivity index (χ0v) is 11.2. The van der Waals surface area contributed by atoms with Crippen LogP contribution in [-0.2, 0) is 11.2 Å². The van der Waals surface area contributed by atoms with Crippen molar-refractivity contribution in [2.24, 2.45) is 5.84 Å². The molecule has 0 fully saturated rings. The van der Waals surface area contributed by atoms with Crippen molar-refractivity contribution in [3.8, 4) is 11.3 Å². The van der Waals surface area contributed by atoms with E-state index in [1.165, 1.54) is 0 Å². The van der Waals surface area contributed by atoms with Gasteiger partial charge in [0, 0.05) is 22.9 Å². The minimum atomic E-state index is -0.199. The number of aryl methyl sites for hydroxylation is 1. The normalized spacial score (nSPS) is 10.3. The molecule has 0 spiro atoms. The predicted molar refractivity (Wildman–Crippen MR) is 72.5 cm³/mol. The highest BCUT2D eigenvalue weighted by molar-refractivity contribution is 9.10. The minimum absolute atomic E-state index is 0.199. The van der Waals surface area contributed by atoms with Crippen molar-refractivity contribution in [1.82, 2.24) is 5.43 Å². The zero-order valence-electron chi connectivity index (χ0n) is 9.65. The Kier molecular flexibility index (Phi) is 4.17. The largest absolute Gasteiger partial charge is 0.461 e. The summed E-state index contributed by atoms with van der Waals surface area (Å²) in [5, 5.41) is 0. The molecule has 4 nitrogen and oxygen atoms in total. The van der Waals surface area contributed by atoms with Gasteiger partial charge in [-0.25, -0.2) is 5.84 Å². The lowest BCUT2D eigenvalue weighted by Gasteiger charge is -1.99. The molecular weight excluding hydrogens is 296 g/mol. The molecule has 18 heavy (non-hydrogen) atoms. The van der Waals surface area contributed by atoms with Gasteiger partial charge in [0.15, 0.2) is 0 Å². The Hall–Kier alpha value is -1.59. The molecule has 0 atom stereocenters. The highest BCUT2D eigenvalue weighted by atomic mass is 79.9. The molecular formula is C13H13BrN2O2. The van der Waals surface area contributed by atoms with E-state index >= 15 is 0 Å². The van der Waals surface area contributed by atoms with Crippen LogP contribution in [0.2, 0.25) is 0 Å². The molecule has 0 bridgehead atoms. The van der Waals surface area contributed by atoms with Gasteiger partial charge in [0.05, 0.1) is 0 Å². The second-order valence-corrected chi connectivity index (χ2v) is 4.76. The molecule has 1 heterocycles. The fourth-order valence-corrected chi connectivity index (χ4v) is 2.02. The van der Waals surface area contributed by atoms with E-state index in [-0.39, 0.29) is 5.91 Å². The third-order valence-corrected chi connectivity index (χ3v) is 3.02. The highest BCUT2D eigenvalue weighted by Crippen LogP contribution is 2.25. The molecule has 0 saturated carbocycles. The minimum Gasteiger partial charge on any atom is -0.461 e. The number of halogens is 1. The van der Waals surface area contributed by atoms with Crippen LogP contribution < -0.4 is 11.3 Å². The highest BCUT2D eigenvalue weighted by Gasteiger charge is 2.07. The maximum absolute atomic E-state index is 11.0. The third-order valence-electron chi connectivity index (χ3n) is 2.53. The average Bonchev–Trinajstić information content (AvgIpc) is 2.84. The van der Waals surface area contributed by atoms with E-state index in [0.717, 1.165) is 21.6 Å². The summed E-state index contributed by atoms with van der Waals surface area (Å²) in [4.78, 5) is 11.0. The van der Waals surface area contributed by atoms with E-state index in [9.17, 15) is 4.79 Å². The van der Waals surface area contributed by atoms with E-state index in [1.807, 2.05) is 36.4 Å². The molecule has 1 aromatic heterocycles. The smallest absolute Gasteiger partial charge is 0.234 e. The number of nitrogens with two attached hydrogens (primary N) is 1. The first kappa shape index (κ1) is 12.9. The number of amides is 1. The number of hydrogen-bond donors (Lipinski definition) is 2. The fraction of sp³-hybridized carbons (Fsp3) is 0.154. The summed E-state index contributed by atoms with van der Waals surface area (Å²) >= 11 is 3.42. The Morgan fingerprint density at radius 2 is 2.17 bits per heavy atom. The van der Waals surface area contributed by atoms with E-state index < -0.39 is 0 Å². The first-order chi connectivity index (χ1) is 8.69. The maximum Gasteiger partial charge on any atom is 0.234 e. The Labute approximate surface area is 113 Å². The topological polar surface area (TPSA) is 68.3 Å². The van der Waals surface area contributed by atoms with Crippen molar-refractivity contribution in [3.05, 3.63) is 46.6 Å². The lowest BCUT2D eigenvalue weighted by Crippen LogP contribution is -2.30. The number of hydrazine groups is 1. The molecule has 0 radical (unpaired) electrons. The van der Waals surface area contributed by atoms with Crippen molar-refractivity contribution in [2.45, 2.75) is 12.8 Å². The van der Waals surface area contributed by atoms with Crippen LogP contribution in [-0.4, -0.2) is 5.91 Å². The number of carbonyl (C=O) groups is 1. The molecule has 0 unspecified atom stereocenters. The number of benzene rings is 1. The predicted octanol–water partition coefficient (Wildman–Crippen LogP) is 2.63. The molecule has 0 saturated heterocycles. The zero-order chi connectivity index (χ0) is 13.0. The molecule has 3 N–H and O–H groups in total. The van der Waals surface area contributed by atoms with Gasteiger partial charge in [-0.2, -0.15) is 0 Å². The Morgan fingerprint density at radius 3 is 2.89 bits per heavy atom. The van der Waals surface area contributed by atoms with Crippen LogP contribution in [0.4, 0.5) is 0 Å². The summed E-state index contributed by atoms with van der Waals surface area (Å²) in [5.41, 5.74) is 3.09. The van der Waals surface area contributed by atoms with Crippen molar-refractivity contribution >= 4 is 21.8 Å². The summed E-state index contributed by atoms with van der Waals surface area (Å²) in [6, 6.07) is 11.6. The van der Waals surface area contributed by atoms with Crippen LogP contribution in [0.15, 0.2) is 45.3 Å². The summed E-state index contributed by atoms with van der Waals surface area (Å²) in [7, 11) is 0. The Bertz CT molecular complexity index is 551. The number of furan rings is 1. The van der Waals surface area contributed by atoms with Gasteiger partial charge >= 0.3 is 0 Å². The van der Waals surface area contributed by atoms with Gasteiger partial charge in [0.2, 0.25) is 5.91 Å². The molecule has 0 aliphatic carbocycles. The molecule has 94 valence electrons. The summed E-state index contributed by atoms with van der Waals surface area (Å²) < 4.78 is 6.68. The lowest BCUT2D eigenvalue weighted by atomic mass is 10.2. The van der Waals surface area contributed by atoms with Gasteiger partial charge in [-0.15, -0.1) is 0 Å². The molecule has 5 heteroatoms. The van der Waals surface area contributed by atoms with Gasteiger partial charge in [-0.05, 0) is 24.3 Å². The van der Waals surface area contributed by atoms with Crippen LogP contribution in [0.3, 0.4) is 0 Å². The van der Waals surface area contributed by atoms with Crippen molar-refractivity contribution in [3.63, 3.8) is 0 Å². The first-order valence-corrected chi connectivity index (χ1v) is 6.32. The summed E-state index contributed by atoms with van der Waals surface area (Å²) in [5.74, 6) is 6.38. The van der Waals surface area contributed by atoms with Crippen LogP contribution in [0, 0.1) is 0 Å². The number of hydrogen-bond acceptors (Lipinski definition) is 3. The van der Waals surface area contributed by atoms with E-state index in [0.29, 0.717) is 12.8 Å². The van der Waals surface area contributed by atoms with Crippen LogP contribution >= 0.6 is 15.9 Å². The second-order valence-electron chi connectivity index (χ2n) is 3.84. The molecule has 0 aliphatic rings. The SMILES string of the molecule is NNC(=O)CCc1ccc(-c2cccc(Br)c2)o1. The van der Waals surface area contributed by atoms with E-state index in [2.05, 4.69) is 21.4 Å². The number of carbonyl (C=O) groups excluding carboxylic acids is 1. The van der Waals surface area contributed by atoms with Gasteiger partial charge in [0.1, 0.15) is 11.5 Å². The summed E-state index contributed by atoms with van der Waals surface area (Å²) in [6.07, 6.45) is 0.860. The molecule has 0 aliphatic heterocycles. The van der Waals surface area contributed by atoms with Gasteiger partial charge in [0.25, 0.3) is 0 Å².